The van der Waals surface area contributed by atoms with Gasteiger partial charge in [-0.15, -0.1) is 0 Å². The summed E-state index contributed by atoms with van der Waals surface area (Å²) in [6.45, 7) is -0.498. The first-order valence-electron chi connectivity index (χ1n) is 11.7. The third-order valence-corrected chi connectivity index (χ3v) is 6.63. The Morgan fingerprint density at radius 1 is 1.00 bits per heavy atom. The van der Waals surface area contributed by atoms with Gasteiger partial charge >= 0.3 is 5.97 Å². The van der Waals surface area contributed by atoms with Crippen molar-refractivity contribution in [2.45, 2.75) is 12.5 Å². The molecule has 1 amide bonds. The van der Waals surface area contributed by atoms with E-state index in [2.05, 4.69) is 17.2 Å². The van der Waals surface area contributed by atoms with Crippen molar-refractivity contribution in [1.29, 1.82) is 0 Å². The topological polar surface area (TPSA) is 94.2 Å². The molecule has 1 aliphatic rings. The largest absolute Gasteiger partial charge is 0.496 e. The van der Waals surface area contributed by atoms with Gasteiger partial charge in [0.05, 0.1) is 29.6 Å². The van der Waals surface area contributed by atoms with Crippen LogP contribution in [-0.4, -0.2) is 36.3 Å². The number of esters is 1. The first-order chi connectivity index (χ1) is 17.9. The molecule has 5 rings (SSSR count). The average molecular weight is 514 g/mol. The highest BCUT2D eigenvalue weighted by Gasteiger charge is 2.33. The number of ether oxygens (including phenoxy) is 2. The number of nitrogens with zero attached hydrogens (tertiary/aromatic N) is 2. The number of anilines is 1. The van der Waals surface area contributed by atoms with Crippen molar-refractivity contribution < 1.29 is 19.1 Å². The van der Waals surface area contributed by atoms with Crippen molar-refractivity contribution in [2.24, 2.45) is 5.10 Å². The molecule has 0 radical (unpaired) electrons. The number of hydrazone groups is 1. The molecule has 0 aromatic heterocycles. The van der Waals surface area contributed by atoms with Crippen molar-refractivity contribution in [3.05, 3.63) is 107 Å². The zero-order valence-corrected chi connectivity index (χ0v) is 20.8. The molecule has 1 aliphatic heterocycles. The molecule has 1 heterocycles. The average Bonchev–Trinajstić information content (AvgIpc) is 3.39. The Labute approximate surface area is 219 Å². The van der Waals surface area contributed by atoms with E-state index in [4.69, 9.17) is 26.8 Å². The number of halogens is 1. The van der Waals surface area contributed by atoms with Crippen LogP contribution in [0.2, 0.25) is 5.02 Å². The lowest BCUT2D eigenvalue weighted by Crippen LogP contribution is -2.31. The Morgan fingerprint density at radius 2 is 1.73 bits per heavy atom. The van der Waals surface area contributed by atoms with Crippen molar-refractivity contribution in [3.63, 3.8) is 0 Å². The Morgan fingerprint density at radius 3 is 2.49 bits per heavy atom. The van der Waals surface area contributed by atoms with Gasteiger partial charge in [0.15, 0.2) is 6.61 Å². The van der Waals surface area contributed by atoms with Gasteiger partial charge in [-0.2, -0.15) is 5.10 Å². The number of hydrogen-bond acceptors (Lipinski definition) is 6. The Kier molecular flexibility index (Phi) is 6.79. The van der Waals surface area contributed by atoms with Crippen LogP contribution < -0.4 is 10.5 Å². The molecule has 0 bridgehead atoms. The van der Waals surface area contributed by atoms with Crippen LogP contribution >= 0.6 is 11.6 Å². The number of carbonyl (C=O) groups is 2. The number of fused-ring (bicyclic) bond motifs is 1. The quantitative estimate of drug-likeness (QED) is 0.267. The van der Waals surface area contributed by atoms with Crippen LogP contribution in [0.25, 0.3) is 10.8 Å². The third-order valence-electron chi connectivity index (χ3n) is 6.30. The Hall–Kier alpha value is -4.36. The van der Waals surface area contributed by atoms with Crippen molar-refractivity contribution >= 4 is 45.6 Å². The minimum Gasteiger partial charge on any atom is -0.496 e. The molecule has 0 saturated carbocycles. The lowest BCUT2D eigenvalue weighted by Gasteiger charge is -2.22. The van der Waals surface area contributed by atoms with E-state index < -0.39 is 18.5 Å². The summed E-state index contributed by atoms with van der Waals surface area (Å²) in [6, 6.07) is 26.3. The number of benzene rings is 4. The van der Waals surface area contributed by atoms with Gasteiger partial charge in [0.25, 0.3) is 5.91 Å². The number of amides is 1. The SMILES string of the molecule is COc1cc(N)c(Cl)cc1C(=O)OCC(=O)N1N=C(c2ccc3ccccc3c2)C[C@H]1c1ccccc1. The number of nitrogens with two attached hydrogens (primary N) is 1. The van der Waals surface area contributed by atoms with Gasteiger partial charge < -0.3 is 15.2 Å². The molecular weight excluding hydrogens is 490 g/mol. The second-order valence-corrected chi connectivity index (χ2v) is 9.03. The molecule has 8 heteroatoms. The first-order valence-corrected chi connectivity index (χ1v) is 12.1. The summed E-state index contributed by atoms with van der Waals surface area (Å²) in [5.41, 5.74) is 8.80. The Balaban J connectivity index is 1.40. The predicted molar refractivity (Wildman–Crippen MR) is 144 cm³/mol. The lowest BCUT2D eigenvalue weighted by molar-refractivity contribution is -0.136. The minimum absolute atomic E-state index is 0.0795. The molecule has 7 nitrogen and oxygen atoms in total. The number of rotatable bonds is 6. The van der Waals surface area contributed by atoms with Gasteiger partial charge in [-0.25, -0.2) is 9.80 Å². The summed E-state index contributed by atoms with van der Waals surface area (Å²) in [6.07, 6.45) is 0.531. The summed E-state index contributed by atoms with van der Waals surface area (Å²) in [4.78, 5) is 26.1. The minimum atomic E-state index is -0.749. The highest BCUT2D eigenvalue weighted by atomic mass is 35.5. The van der Waals surface area contributed by atoms with E-state index in [0.29, 0.717) is 6.42 Å². The van der Waals surface area contributed by atoms with Crippen molar-refractivity contribution in [1.82, 2.24) is 5.01 Å². The number of carbonyl (C=O) groups excluding carboxylic acids is 2. The zero-order chi connectivity index (χ0) is 25.9. The van der Waals surface area contributed by atoms with E-state index in [-0.39, 0.29) is 28.1 Å². The second-order valence-electron chi connectivity index (χ2n) is 8.63. The summed E-state index contributed by atoms with van der Waals surface area (Å²) in [5.74, 6) is -0.987. The molecule has 0 saturated heterocycles. The maximum atomic E-state index is 13.3. The Bertz CT molecular complexity index is 1520. The molecule has 0 unspecified atom stereocenters. The maximum Gasteiger partial charge on any atom is 0.342 e. The molecule has 0 spiro atoms. The van der Waals surface area contributed by atoms with E-state index in [1.165, 1.54) is 24.3 Å². The molecular formula is C29H24ClN3O4. The van der Waals surface area contributed by atoms with Crippen LogP contribution in [-0.2, 0) is 9.53 Å². The molecule has 2 N–H and O–H groups in total. The molecule has 4 aromatic carbocycles. The van der Waals surface area contributed by atoms with Gasteiger partial charge in [0.2, 0.25) is 0 Å². The summed E-state index contributed by atoms with van der Waals surface area (Å²) >= 11 is 6.07. The van der Waals surface area contributed by atoms with Gasteiger partial charge in [0.1, 0.15) is 11.3 Å². The highest BCUT2D eigenvalue weighted by Crippen LogP contribution is 2.34. The van der Waals surface area contributed by atoms with E-state index in [9.17, 15) is 9.59 Å². The van der Waals surface area contributed by atoms with E-state index in [1.807, 2.05) is 60.7 Å². The van der Waals surface area contributed by atoms with Crippen LogP contribution in [0.1, 0.15) is 33.9 Å². The van der Waals surface area contributed by atoms with Gasteiger partial charge in [0, 0.05) is 12.5 Å². The zero-order valence-electron chi connectivity index (χ0n) is 20.1. The number of methoxy groups -OCH3 is 1. The fourth-order valence-electron chi connectivity index (χ4n) is 4.39. The molecule has 0 fully saturated rings. The monoisotopic (exact) mass is 513 g/mol. The molecule has 0 aliphatic carbocycles. The standard InChI is InChI=1S/C29H24ClN3O4/c1-36-27-15-24(31)23(30)14-22(27)29(35)37-17-28(34)33-26(19-8-3-2-4-9-19)16-25(32-33)21-12-11-18-7-5-6-10-20(18)13-21/h2-15,26H,16-17,31H2,1H3/t26-/m0/s1. The number of hydrogen-bond donors (Lipinski definition) is 1. The van der Waals surface area contributed by atoms with Crippen LogP contribution in [0.5, 0.6) is 5.75 Å². The summed E-state index contributed by atoms with van der Waals surface area (Å²) in [7, 11) is 1.41. The molecule has 4 aromatic rings. The number of nitrogen functional groups attached to an aromatic ring is 1. The van der Waals surface area contributed by atoms with Crippen LogP contribution in [0, 0.1) is 0 Å². The molecule has 37 heavy (non-hydrogen) atoms. The smallest absolute Gasteiger partial charge is 0.342 e. The fraction of sp³-hybridized carbons (Fsp3) is 0.138. The predicted octanol–water partition coefficient (Wildman–Crippen LogP) is 5.62. The van der Waals surface area contributed by atoms with Gasteiger partial charge in [-0.3, -0.25) is 4.79 Å². The first kappa shape index (κ1) is 24.3. The van der Waals surface area contributed by atoms with Gasteiger partial charge in [-0.1, -0.05) is 78.3 Å². The molecule has 186 valence electrons. The van der Waals surface area contributed by atoms with E-state index in [0.717, 1.165) is 27.6 Å². The summed E-state index contributed by atoms with van der Waals surface area (Å²) < 4.78 is 10.6. The van der Waals surface area contributed by atoms with Crippen molar-refractivity contribution in [3.8, 4) is 5.75 Å². The van der Waals surface area contributed by atoms with E-state index in [1.54, 1.807) is 0 Å². The van der Waals surface area contributed by atoms with Crippen LogP contribution in [0.4, 0.5) is 5.69 Å². The van der Waals surface area contributed by atoms with Crippen LogP contribution in [0.3, 0.4) is 0 Å². The summed E-state index contributed by atoms with van der Waals surface area (Å²) in [5, 5.41) is 8.49. The van der Waals surface area contributed by atoms with Crippen LogP contribution in [0.15, 0.2) is 90.0 Å². The van der Waals surface area contributed by atoms with Crippen molar-refractivity contribution in [2.75, 3.05) is 19.5 Å². The highest BCUT2D eigenvalue weighted by molar-refractivity contribution is 6.33. The normalized spacial score (nSPS) is 14.9. The van der Waals surface area contributed by atoms with E-state index >= 15 is 0 Å². The molecule has 1 atom stereocenters. The second kappa shape index (κ2) is 10.3. The third kappa shape index (κ3) is 4.99. The lowest BCUT2D eigenvalue weighted by atomic mass is 9.97. The fourth-order valence-corrected chi connectivity index (χ4v) is 4.55. The van der Waals surface area contributed by atoms with Gasteiger partial charge in [-0.05, 0) is 34.0 Å². The maximum absolute atomic E-state index is 13.3.